The fourth-order valence-electron chi connectivity index (χ4n) is 5.11. The summed E-state index contributed by atoms with van der Waals surface area (Å²) in [6.45, 7) is 7.51. The van der Waals surface area contributed by atoms with Crippen LogP contribution in [0.25, 0.3) is 0 Å². The lowest BCUT2D eigenvalue weighted by molar-refractivity contribution is -0.142. The van der Waals surface area contributed by atoms with Crippen LogP contribution in [0.15, 0.2) is 42.7 Å². The van der Waals surface area contributed by atoms with Gasteiger partial charge in [0.05, 0.1) is 36.8 Å². The van der Waals surface area contributed by atoms with E-state index in [0.29, 0.717) is 31.9 Å². The zero-order valence-corrected chi connectivity index (χ0v) is 26.0. The third-order valence-corrected chi connectivity index (χ3v) is 7.66. The third kappa shape index (κ3) is 11.4. The Morgan fingerprint density at radius 2 is 1.93 bits per heavy atom. The molecule has 244 valence electrons. The maximum Gasteiger partial charge on any atom is 0.389 e. The Kier molecular flexibility index (Phi) is 13.4. The number of anilines is 1. The Labute approximate surface area is 257 Å². The fourth-order valence-corrected chi connectivity index (χ4v) is 5.11. The summed E-state index contributed by atoms with van der Waals surface area (Å²) in [5.41, 5.74) is 1.46. The average molecular weight is 623 g/mol. The largest absolute Gasteiger partial charge is 0.490 e. The number of rotatable bonds is 9. The van der Waals surface area contributed by atoms with E-state index in [2.05, 4.69) is 15.2 Å². The molecule has 0 aliphatic carbocycles. The number of likely N-dealkylation sites (N-methyl/N-ethyl adjacent to an activating group) is 1. The second-order valence-corrected chi connectivity index (χ2v) is 11.7. The van der Waals surface area contributed by atoms with Crippen molar-refractivity contribution in [3.63, 3.8) is 0 Å². The van der Waals surface area contributed by atoms with Gasteiger partial charge in [-0.3, -0.25) is 19.5 Å². The Bertz CT molecular complexity index is 1200. The van der Waals surface area contributed by atoms with Gasteiger partial charge in [-0.25, -0.2) is 0 Å². The van der Waals surface area contributed by atoms with Gasteiger partial charge < -0.3 is 24.8 Å². The molecule has 44 heavy (non-hydrogen) atoms. The highest BCUT2D eigenvalue weighted by atomic mass is 19.4. The zero-order chi connectivity index (χ0) is 32.3. The molecule has 0 saturated carbocycles. The summed E-state index contributed by atoms with van der Waals surface area (Å²) >= 11 is 0. The number of carbonyl (C=O) groups excluding carboxylic acids is 2. The first kappa shape index (κ1) is 35.3. The predicted octanol–water partition coefficient (Wildman–Crippen LogP) is 5.29. The maximum absolute atomic E-state index is 14.1. The minimum absolute atomic E-state index is 0.121. The van der Waals surface area contributed by atoms with Crippen LogP contribution in [0, 0.1) is 5.92 Å². The first-order chi connectivity index (χ1) is 20.9. The van der Waals surface area contributed by atoms with Crippen LogP contribution in [-0.2, 0) is 16.1 Å². The van der Waals surface area contributed by atoms with Crippen molar-refractivity contribution in [2.75, 3.05) is 38.7 Å². The van der Waals surface area contributed by atoms with Crippen molar-refractivity contribution in [2.24, 2.45) is 5.92 Å². The Hall–Kier alpha value is -3.22. The topological polar surface area (TPSA) is 104 Å². The number of pyridine rings is 1. The summed E-state index contributed by atoms with van der Waals surface area (Å²) in [5, 5.41) is 12.6. The number of halogens is 3. The number of nitrogens with zero attached hydrogens (tertiary/aromatic N) is 3. The van der Waals surface area contributed by atoms with E-state index in [1.165, 1.54) is 12.1 Å². The molecule has 0 radical (unpaired) electrons. The highest BCUT2D eigenvalue weighted by Crippen LogP contribution is 2.29. The van der Waals surface area contributed by atoms with E-state index < -0.39 is 36.9 Å². The summed E-state index contributed by atoms with van der Waals surface area (Å²) in [6, 6.07) is 7.87. The second-order valence-electron chi connectivity index (χ2n) is 11.7. The molecule has 3 rings (SSSR count). The molecule has 9 nitrogen and oxygen atoms in total. The van der Waals surface area contributed by atoms with Gasteiger partial charge in [-0.1, -0.05) is 6.92 Å². The van der Waals surface area contributed by atoms with E-state index in [4.69, 9.17) is 9.47 Å². The highest BCUT2D eigenvalue weighted by Gasteiger charge is 2.31. The SMILES string of the molecule is C[C@H]1CCCCO[C@H](CN(C)Cc2ccncc2)[C@@H](C)CN([C@@H](C)CO)C(=O)c2cc(NC(=O)CCC(F)(F)F)ccc2O1. The molecule has 0 fully saturated rings. The van der Waals surface area contributed by atoms with Crippen molar-refractivity contribution < 1.29 is 37.3 Å². The van der Waals surface area contributed by atoms with Crippen LogP contribution in [0.1, 0.15) is 68.8 Å². The van der Waals surface area contributed by atoms with Crippen LogP contribution in [0.2, 0.25) is 0 Å². The van der Waals surface area contributed by atoms with Gasteiger partial charge in [0.1, 0.15) is 5.75 Å². The molecule has 0 unspecified atom stereocenters. The Morgan fingerprint density at radius 3 is 2.61 bits per heavy atom. The fraction of sp³-hybridized carbons (Fsp3) is 0.594. The number of alkyl halides is 3. The number of aliphatic hydroxyl groups is 1. The first-order valence-corrected chi connectivity index (χ1v) is 15.1. The van der Waals surface area contributed by atoms with E-state index in [1.54, 1.807) is 30.3 Å². The molecule has 12 heteroatoms. The molecule has 1 aromatic carbocycles. The summed E-state index contributed by atoms with van der Waals surface area (Å²) in [7, 11) is 2.01. The molecule has 2 amide bonds. The van der Waals surface area contributed by atoms with Gasteiger partial charge in [0.15, 0.2) is 0 Å². The molecule has 4 atom stereocenters. The number of carbonyl (C=O) groups is 2. The Balaban J connectivity index is 1.89. The number of nitrogens with one attached hydrogen (secondary N) is 1. The molecule has 1 aliphatic heterocycles. The normalized spacial score (nSPS) is 21.2. The van der Waals surface area contributed by atoms with Gasteiger partial charge in [-0.05, 0) is 76.1 Å². The van der Waals surface area contributed by atoms with Gasteiger partial charge in [-0.2, -0.15) is 13.2 Å². The minimum Gasteiger partial charge on any atom is -0.490 e. The predicted molar refractivity (Wildman–Crippen MR) is 161 cm³/mol. The standard InChI is InChI=1S/C32H45F3N4O5/c1-22-18-39(23(2)21-40)31(42)27-17-26(37-30(41)10-13-32(33,34)35)8-9-28(27)44-24(3)7-5-6-16-43-29(22)20-38(4)19-25-11-14-36-15-12-25/h8-9,11-12,14-15,17,22-24,29,40H,5-7,10,13,16,18-21H2,1-4H3,(H,37,41)/t22-,23-,24-,29+/m0/s1. The van der Waals surface area contributed by atoms with Crippen LogP contribution in [0.4, 0.5) is 18.9 Å². The molecular weight excluding hydrogens is 577 g/mol. The summed E-state index contributed by atoms with van der Waals surface area (Å²) < 4.78 is 50.5. The van der Waals surface area contributed by atoms with E-state index >= 15 is 0 Å². The van der Waals surface area contributed by atoms with Crippen LogP contribution < -0.4 is 10.1 Å². The molecule has 2 N–H and O–H groups in total. The minimum atomic E-state index is -4.46. The van der Waals surface area contributed by atoms with Crippen molar-refractivity contribution in [2.45, 2.75) is 83.8 Å². The number of hydrogen-bond acceptors (Lipinski definition) is 7. The van der Waals surface area contributed by atoms with E-state index in [9.17, 15) is 27.9 Å². The van der Waals surface area contributed by atoms with Gasteiger partial charge in [0.2, 0.25) is 5.91 Å². The highest BCUT2D eigenvalue weighted by molar-refractivity contribution is 5.99. The van der Waals surface area contributed by atoms with Crippen LogP contribution in [0.5, 0.6) is 5.75 Å². The van der Waals surface area contributed by atoms with Crippen LogP contribution in [0.3, 0.4) is 0 Å². The number of fused-ring (bicyclic) bond motifs is 1. The monoisotopic (exact) mass is 622 g/mol. The number of amides is 2. The summed E-state index contributed by atoms with van der Waals surface area (Å²) in [6.07, 6.45) is -0.977. The van der Waals surface area contributed by atoms with Gasteiger partial charge in [-0.15, -0.1) is 0 Å². The summed E-state index contributed by atoms with van der Waals surface area (Å²) in [5.74, 6) is -1.05. The first-order valence-electron chi connectivity index (χ1n) is 15.1. The van der Waals surface area contributed by atoms with Crippen molar-refractivity contribution in [1.29, 1.82) is 0 Å². The summed E-state index contributed by atoms with van der Waals surface area (Å²) in [4.78, 5) is 34.2. The van der Waals surface area contributed by atoms with Crippen molar-refractivity contribution >= 4 is 17.5 Å². The van der Waals surface area contributed by atoms with Crippen molar-refractivity contribution in [1.82, 2.24) is 14.8 Å². The smallest absolute Gasteiger partial charge is 0.389 e. The number of ether oxygens (including phenoxy) is 2. The van der Waals surface area contributed by atoms with E-state index in [1.807, 2.05) is 33.0 Å². The molecule has 0 saturated heterocycles. The van der Waals surface area contributed by atoms with Crippen molar-refractivity contribution in [3.05, 3.63) is 53.9 Å². The van der Waals surface area contributed by atoms with E-state index in [0.717, 1.165) is 18.4 Å². The van der Waals surface area contributed by atoms with Crippen LogP contribution >= 0.6 is 0 Å². The van der Waals surface area contributed by atoms with E-state index in [-0.39, 0.29) is 42.5 Å². The molecular formula is C32H45F3N4O5. The molecule has 0 bridgehead atoms. The second kappa shape index (κ2) is 16.7. The molecule has 2 heterocycles. The van der Waals surface area contributed by atoms with Gasteiger partial charge in [0, 0.05) is 56.7 Å². The van der Waals surface area contributed by atoms with Gasteiger partial charge in [0.25, 0.3) is 5.91 Å². The number of aromatic nitrogens is 1. The number of benzene rings is 1. The molecule has 0 spiro atoms. The maximum atomic E-state index is 14.1. The number of aliphatic hydroxyl groups excluding tert-OH is 1. The zero-order valence-electron chi connectivity index (χ0n) is 26.0. The van der Waals surface area contributed by atoms with Crippen LogP contribution in [-0.4, -0.2) is 89.5 Å². The third-order valence-electron chi connectivity index (χ3n) is 7.66. The lowest BCUT2D eigenvalue weighted by Gasteiger charge is -2.36. The molecule has 1 aliphatic rings. The lowest BCUT2D eigenvalue weighted by Crippen LogP contribution is -2.47. The molecule has 2 aromatic rings. The molecule has 1 aromatic heterocycles. The van der Waals surface area contributed by atoms with Crippen molar-refractivity contribution in [3.8, 4) is 5.75 Å². The lowest BCUT2D eigenvalue weighted by atomic mass is 10.0. The quantitative estimate of drug-likeness (QED) is 0.392. The van der Waals surface area contributed by atoms with Gasteiger partial charge >= 0.3 is 6.18 Å². The number of hydrogen-bond donors (Lipinski definition) is 2. The Morgan fingerprint density at radius 1 is 1.20 bits per heavy atom. The average Bonchev–Trinajstić information content (AvgIpc) is 2.97.